The van der Waals surface area contributed by atoms with E-state index in [0.717, 1.165) is 20.9 Å². The van der Waals surface area contributed by atoms with Gasteiger partial charge in [0, 0.05) is 20.0 Å². The SMILES string of the molecule is O=C(NCC1CCCCC1Cl)c1cc(I)ccc1Br. The van der Waals surface area contributed by atoms with E-state index >= 15 is 0 Å². The average molecular weight is 457 g/mol. The maximum absolute atomic E-state index is 12.2. The maximum atomic E-state index is 12.2. The van der Waals surface area contributed by atoms with Crippen LogP contribution in [0, 0.1) is 9.49 Å². The monoisotopic (exact) mass is 455 g/mol. The molecule has 0 spiro atoms. The minimum absolute atomic E-state index is 0.0279. The van der Waals surface area contributed by atoms with E-state index in [1.165, 1.54) is 12.8 Å². The first-order valence-corrected chi connectivity index (χ1v) is 8.76. The molecule has 19 heavy (non-hydrogen) atoms. The molecule has 1 aromatic rings. The molecule has 1 aliphatic carbocycles. The Labute approximate surface area is 140 Å². The van der Waals surface area contributed by atoms with Crippen LogP contribution in [0.4, 0.5) is 0 Å². The summed E-state index contributed by atoms with van der Waals surface area (Å²) in [6, 6.07) is 5.76. The van der Waals surface area contributed by atoms with Gasteiger partial charge in [0.05, 0.1) is 5.56 Å². The van der Waals surface area contributed by atoms with Crippen molar-refractivity contribution < 1.29 is 4.79 Å². The predicted molar refractivity (Wildman–Crippen MR) is 90.8 cm³/mol. The average Bonchev–Trinajstić information content (AvgIpc) is 2.40. The van der Waals surface area contributed by atoms with Crippen molar-refractivity contribution in [2.24, 2.45) is 5.92 Å². The van der Waals surface area contributed by atoms with Crippen molar-refractivity contribution in [3.63, 3.8) is 0 Å². The minimum Gasteiger partial charge on any atom is -0.352 e. The van der Waals surface area contributed by atoms with E-state index in [9.17, 15) is 4.79 Å². The number of hydrogen-bond donors (Lipinski definition) is 1. The van der Waals surface area contributed by atoms with Crippen LogP contribution in [0.3, 0.4) is 0 Å². The molecule has 5 heteroatoms. The van der Waals surface area contributed by atoms with Gasteiger partial charge in [-0.3, -0.25) is 4.79 Å². The van der Waals surface area contributed by atoms with Crippen molar-refractivity contribution in [2.75, 3.05) is 6.54 Å². The van der Waals surface area contributed by atoms with Gasteiger partial charge >= 0.3 is 0 Å². The Morgan fingerprint density at radius 1 is 1.42 bits per heavy atom. The summed E-state index contributed by atoms with van der Waals surface area (Å²) in [4.78, 5) is 12.2. The van der Waals surface area contributed by atoms with E-state index in [0.29, 0.717) is 18.0 Å². The summed E-state index contributed by atoms with van der Waals surface area (Å²) in [6.07, 6.45) is 4.61. The Morgan fingerprint density at radius 2 is 2.16 bits per heavy atom. The summed E-state index contributed by atoms with van der Waals surface area (Å²) in [6.45, 7) is 0.672. The number of benzene rings is 1. The van der Waals surface area contributed by atoms with Gasteiger partial charge in [0.2, 0.25) is 0 Å². The molecular weight excluding hydrogens is 440 g/mol. The fraction of sp³-hybridized carbons (Fsp3) is 0.500. The summed E-state index contributed by atoms with van der Waals surface area (Å²) in [5, 5.41) is 3.21. The van der Waals surface area contributed by atoms with E-state index in [4.69, 9.17) is 11.6 Å². The third kappa shape index (κ3) is 4.33. The van der Waals surface area contributed by atoms with Gasteiger partial charge in [-0.1, -0.05) is 12.8 Å². The van der Waals surface area contributed by atoms with Crippen molar-refractivity contribution >= 4 is 56.0 Å². The van der Waals surface area contributed by atoms with Crippen molar-refractivity contribution in [1.29, 1.82) is 0 Å². The van der Waals surface area contributed by atoms with E-state index in [-0.39, 0.29) is 11.3 Å². The lowest BCUT2D eigenvalue weighted by molar-refractivity contribution is 0.0943. The predicted octanol–water partition coefficient (Wildman–Crippen LogP) is 4.58. The van der Waals surface area contributed by atoms with Gasteiger partial charge in [0.25, 0.3) is 5.91 Å². The summed E-state index contributed by atoms with van der Waals surface area (Å²) in [5.74, 6) is 0.376. The lowest BCUT2D eigenvalue weighted by Crippen LogP contribution is -2.34. The molecule has 1 N–H and O–H groups in total. The van der Waals surface area contributed by atoms with E-state index in [1.54, 1.807) is 0 Å². The molecule has 1 saturated carbocycles. The lowest BCUT2D eigenvalue weighted by Gasteiger charge is -2.27. The van der Waals surface area contributed by atoms with Crippen molar-refractivity contribution in [3.05, 3.63) is 31.8 Å². The number of rotatable bonds is 3. The third-order valence-electron chi connectivity index (χ3n) is 3.51. The van der Waals surface area contributed by atoms with Crippen molar-refractivity contribution in [3.8, 4) is 0 Å². The molecule has 0 aliphatic heterocycles. The molecule has 0 heterocycles. The summed E-state index contributed by atoms with van der Waals surface area (Å²) in [7, 11) is 0. The van der Waals surface area contributed by atoms with Crippen molar-refractivity contribution in [2.45, 2.75) is 31.1 Å². The molecular formula is C14H16BrClINO. The Morgan fingerprint density at radius 3 is 2.89 bits per heavy atom. The number of carbonyl (C=O) groups is 1. The highest BCUT2D eigenvalue weighted by Crippen LogP contribution is 2.28. The van der Waals surface area contributed by atoms with Gasteiger partial charge in [-0.15, -0.1) is 11.6 Å². The van der Waals surface area contributed by atoms with Gasteiger partial charge in [0.15, 0.2) is 0 Å². The van der Waals surface area contributed by atoms with Crippen LogP contribution in [0.1, 0.15) is 36.0 Å². The molecule has 1 fully saturated rings. The maximum Gasteiger partial charge on any atom is 0.252 e. The number of carbonyl (C=O) groups excluding carboxylic acids is 1. The Hall–Kier alpha value is 0.190. The zero-order valence-corrected chi connectivity index (χ0v) is 15.0. The number of nitrogens with one attached hydrogen (secondary N) is 1. The minimum atomic E-state index is -0.0279. The number of halogens is 3. The normalized spacial score (nSPS) is 23.1. The molecule has 2 atom stereocenters. The van der Waals surface area contributed by atoms with Crippen LogP contribution < -0.4 is 5.32 Å². The zero-order valence-electron chi connectivity index (χ0n) is 10.5. The van der Waals surface area contributed by atoms with Crippen LogP contribution in [0.25, 0.3) is 0 Å². The number of alkyl halides is 1. The van der Waals surface area contributed by atoms with E-state index in [2.05, 4.69) is 43.8 Å². The first kappa shape index (κ1) is 15.6. The Kier molecular flexibility index (Phi) is 5.96. The quantitative estimate of drug-likeness (QED) is 0.524. The number of hydrogen-bond acceptors (Lipinski definition) is 1. The Bertz CT molecular complexity index is 469. The van der Waals surface area contributed by atoms with Gasteiger partial charge in [-0.2, -0.15) is 0 Å². The standard InChI is InChI=1S/C14H16BrClINO/c15-12-6-5-10(17)7-11(12)14(19)18-8-9-3-1-2-4-13(9)16/h5-7,9,13H,1-4,8H2,(H,18,19). The second-order valence-electron chi connectivity index (χ2n) is 4.89. The first-order valence-electron chi connectivity index (χ1n) is 6.45. The molecule has 2 rings (SSSR count). The summed E-state index contributed by atoms with van der Waals surface area (Å²) >= 11 is 11.9. The van der Waals surface area contributed by atoms with Crippen LogP contribution in [0.5, 0.6) is 0 Å². The molecule has 0 radical (unpaired) electrons. The van der Waals surface area contributed by atoms with Crippen LogP contribution >= 0.6 is 50.1 Å². The third-order valence-corrected chi connectivity index (χ3v) is 5.45. The first-order chi connectivity index (χ1) is 9.08. The molecule has 0 bridgehead atoms. The molecule has 104 valence electrons. The molecule has 0 aromatic heterocycles. The fourth-order valence-corrected chi connectivity index (χ4v) is 3.67. The van der Waals surface area contributed by atoms with E-state index < -0.39 is 0 Å². The molecule has 1 aromatic carbocycles. The van der Waals surface area contributed by atoms with E-state index in [1.807, 2.05) is 18.2 Å². The topological polar surface area (TPSA) is 29.1 Å². The van der Waals surface area contributed by atoms with Crippen LogP contribution in [-0.4, -0.2) is 17.8 Å². The molecule has 1 amide bonds. The smallest absolute Gasteiger partial charge is 0.252 e. The van der Waals surface area contributed by atoms with Crippen LogP contribution in [0.2, 0.25) is 0 Å². The summed E-state index contributed by atoms with van der Waals surface area (Å²) in [5.41, 5.74) is 0.689. The summed E-state index contributed by atoms with van der Waals surface area (Å²) < 4.78 is 1.88. The molecule has 2 unspecified atom stereocenters. The number of amides is 1. The van der Waals surface area contributed by atoms with Crippen LogP contribution in [-0.2, 0) is 0 Å². The van der Waals surface area contributed by atoms with Gasteiger partial charge in [0.1, 0.15) is 0 Å². The largest absolute Gasteiger partial charge is 0.352 e. The molecule has 2 nitrogen and oxygen atoms in total. The second kappa shape index (κ2) is 7.27. The van der Waals surface area contributed by atoms with Gasteiger partial charge < -0.3 is 5.32 Å². The molecule has 0 saturated heterocycles. The highest BCUT2D eigenvalue weighted by atomic mass is 127. The van der Waals surface area contributed by atoms with Crippen molar-refractivity contribution in [1.82, 2.24) is 5.32 Å². The highest BCUT2D eigenvalue weighted by Gasteiger charge is 2.23. The van der Waals surface area contributed by atoms with Gasteiger partial charge in [-0.05, 0) is 75.5 Å². The zero-order chi connectivity index (χ0) is 13.8. The van der Waals surface area contributed by atoms with Gasteiger partial charge in [-0.25, -0.2) is 0 Å². The van der Waals surface area contributed by atoms with Crippen LogP contribution in [0.15, 0.2) is 22.7 Å². The second-order valence-corrected chi connectivity index (χ2v) is 7.56. The Balaban J connectivity index is 1.95. The molecule has 1 aliphatic rings. The lowest BCUT2D eigenvalue weighted by atomic mass is 9.88. The fourth-order valence-electron chi connectivity index (χ4n) is 2.38. The highest BCUT2D eigenvalue weighted by molar-refractivity contribution is 14.1.